The van der Waals surface area contributed by atoms with E-state index in [0.29, 0.717) is 5.56 Å². The summed E-state index contributed by atoms with van der Waals surface area (Å²) >= 11 is 0. The number of methoxy groups -OCH3 is 1. The lowest BCUT2D eigenvalue weighted by Gasteiger charge is -2.04. The van der Waals surface area contributed by atoms with Crippen LogP contribution in [0.5, 0.6) is 0 Å². The topological polar surface area (TPSA) is 46.2 Å². The molecule has 0 atom stereocenters. The Hall–Kier alpha value is -1.77. The van der Waals surface area contributed by atoms with Crippen LogP contribution >= 0.6 is 0 Å². The van der Waals surface area contributed by atoms with E-state index in [0.717, 1.165) is 0 Å². The number of allylic oxidation sites excluding steroid dienone is 1. The summed E-state index contributed by atoms with van der Waals surface area (Å²) in [5.74, 6) is -0.883. The monoisotopic (exact) mass is 191 g/mol. The van der Waals surface area contributed by atoms with E-state index in [2.05, 4.69) is 4.74 Å². The van der Waals surface area contributed by atoms with Gasteiger partial charge in [-0.15, -0.1) is 0 Å². The molecule has 0 unspecified atom stereocenters. The highest BCUT2D eigenvalue weighted by Gasteiger charge is 2.16. The summed E-state index contributed by atoms with van der Waals surface area (Å²) in [6.07, 6.45) is 0. The number of benzene rings is 1. The van der Waals surface area contributed by atoms with Gasteiger partial charge in [0.2, 0.25) is 0 Å². The van der Waals surface area contributed by atoms with Crippen molar-refractivity contribution in [3.05, 3.63) is 41.7 Å². The fourth-order valence-electron chi connectivity index (χ4n) is 1.17. The van der Waals surface area contributed by atoms with Crippen molar-refractivity contribution in [2.24, 2.45) is 0 Å². The van der Waals surface area contributed by atoms with Gasteiger partial charge in [0.05, 0.1) is 7.11 Å². The van der Waals surface area contributed by atoms with E-state index in [1.807, 2.05) is 6.07 Å². The number of hydrogen-bond acceptors (Lipinski definition) is 2. The number of rotatable bonds is 2. The fourth-order valence-corrected chi connectivity index (χ4v) is 1.17. The summed E-state index contributed by atoms with van der Waals surface area (Å²) < 4.78 is 4.53. The van der Waals surface area contributed by atoms with Gasteiger partial charge in [0, 0.05) is 0 Å². The summed E-state index contributed by atoms with van der Waals surface area (Å²) in [7, 11) is 1.26. The van der Waals surface area contributed by atoms with Crippen LogP contribution in [0.3, 0.4) is 0 Å². The zero-order valence-electron chi connectivity index (χ0n) is 8.11. The average molecular weight is 191 g/mol. The second-order valence-corrected chi connectivity index (χ2v) is 2.79. The third-order valence-electron chi connectivity index (χ3n) is 1.80. The van der Waals surface area contributed by atoms with Crippen molar-refractivity contribution in [1.29, 1.82) is 0 Å². The Kier molecular flexibility index (Phi) is 3.29. The lowest BCUT2D eigenvalue weighted by molar-refractivity contribution is -0.133. The molecule has 0 saturated carbocycles. The molecule has 0 aliphatic carbocycles. The smallest absolute Gasteiger partial charge is 0.342 e. The molecule has 1 rings (SSSR count). The maximum absolute atomic E-state index is 11.3. The van der Waals surface area contributed by atoms with E-state index >= 15 is 0 Å². The molecule has 3 nitrogen and oxygen atoms in total. The van der Waals surface area contributed by atoms with Crippen LogP contribution in [0.1, 0.15) is 12.5 Å². The second-order valence-electron chi connectivity index (χ2n) is 2.79. The minimum absolute atomic E-state index is 0.0908. The molecule has 0 fully saturated rings. The predicted octanol–water partition coefficient (Wildman–Crippen LogP) is 2.02. The molecule has 0 aliphatic heterocycles. The molecule has 0 aliphatic rings. The average Bonchev–Trinajstić information content (AvgIpc) is 2.19. The molecule has 0 spiro atoms. The van der Waals surface area contributed by atoms with Crippen LogP contribution in [0, 0.1) is 0 Å². The van der Waals surface area contributed by atoms with Crippen molar-refractivity contribution >= 4 is 11.5 Å². The highest BCUT2D eigenvalue weighted by atomic mass is 16.5. The molecule has 0 bridgehead atoms. The SMILES string of the molecule is COC(=O)C(=C(C)[O])c1ccccc1. The van der Waals surface area contributed by atoms with Crippen LogP contribution in [-0.2, 0) is 14.6 Å². The fraction of sp³-hybridized carbons (Fsp3) is 0.182. The van der Waals surface area contributed by atoms with Gasteiger partial charge >= 0.3 is 5.97 Å². The van der Waals surface area contributed by atoms with E-state index in [1.54, 1.807) is 24.3 Å². The lowest BCUT2D eigenvalue weighted by Crippen LogP contribution is -2.05. The van der Waals surface area contributed by atoms with Gasteiger partial charge in [0.1, 0.15) is 5.57 Å². The second kappa shape index (κ2) is 4.46. The molecule has 1 aromatic carbocycles. The van der Waals surface area contributed by atoms with Crippen LogP contribution < -0.4 is 0 Å². The van der Waals surface area contributed by atoms with Gasteiger partial charge in [-0.25, -0.2) is 4.79 Å². The van der Waals surface area contributed by atoms with Gasteiger partial charge in [-0.1, -0.05) is 30.3 Å². The van der Waals surface area contributed by atoms with Crippen molar-refractivity contribution < 1.29 is 14.6 Å². The number of ether oxygens (including phenoxy) is 1. The predicted molar refractivity (Wildman–Crippen MR) is 51.7 cm³/mol. The summed E-state index contributed by atoms with van der Waals surface area (Å²) in [5, 5.41) is 11.2. The van der Waals surface area contributed by atoms with E-state index in [9.17, 15) is 9.90 Å². The molecule has 0 heterocycles. The van der Waals surface area contributed by atoms with Crippen LogP contribution in [0.2, 0.25) is 0 Å². The maximum atomic E-state index is 11.3. The van der Waals surface area contributed by atoms with Gasteiger partial charge < -0.3 is 4.74 Å². The van der Waals surface area contributed by atoms with Crippen molar-refractivity contribution in [1.82, 2.24) is 0 Å². The number of carbonyl (C=O) groups excluding carboxylic acids is 1. The summed E-state index contributed by atoms with van der Waals surface area (Å²) in [4.78, 5) is 11.3. The molecule has 73 valence electrons. The first-order valence-electron chi connectivity index (χ1n) is 4.18. The Morgan fingerprint density at radius 1 is 1.21 bits per heavy atom. The molecule has 0 N–H and O–H groups in total. The van der Waals surface area contributed by atoms with Gasteiger partial charge in [-0.05, 0) is 12.5 Å². The zero-order valence-corrected chi connectivity index (χ0v) is 8.11. The largest absolute Gasteiger partial charge is 0.465 e. The van der Waals surface area contributed by atoms with Gasteiger partial charge in [0.15, 0.2) is 5.76 Å². The standard InChI is InChI=1S/C11H11O3/c1-8(12)10(11(13)14-2)9-6-4-3-5-7-9/h3-7H,1-2H3. The van der Waals surface area contributed by atoms with E-state index in [1.165, 1.54) is 14.0 Å². The Morgan fingerprint density at radius 3 is 2.21 bits per heavy atom. The quantitative estimate of drug-likeness (QED) is 0.408. The van der Waals surface area contributed by atoms with Crippen molar-refractivity contribution in [2.75, 3.05) is 7.11 Å². The maximum Gasteiger partial charge on any atom is 0.342 e. The Morgan fingerprint density at radius 2 is 1.79 bits per heavy atom. The van der Waals surface area contributed by atoms with Crippen LogP contribution in [0.4, 0.5) is 0 Å². The van der Waals surface area contributed by atoms with Crippen molar-refractivity contribution in [2.45, 2.75) is 6.92 Å². The molecule has 1 aromatic rings. The third kappa shape index (κ3) is 2.13. The number of esters is 1. The first kappa shape index (κ1) is 10.3. The molecule has 1 radical (unpaired) electrons. The summed E-state index contributed by atoms with van der Waals surface area (Å²) in [5.41, 5.74) is 0.681. The first-order valence-corrected chi connectivity index (χ1v) is 4.18. The third-order valence-corrected chi connectivity index (χ3v) is 1.80. The summed E-state index contributed by atoms with van der Waals surface area (Å²) in [6.45, 7) is 1.35. The van der Waals surface area contributed by atoms with Crippen LogP contribution in [0.25, 0.3) is 5.57 Å². The van der Waals surface area contributed by atoms with E-state index in [4.69, 9.17) is 0 Å². The molecule has 0 aromatic heterocycles. The normalized spacial score (nSPS) is 11.9. The Labute approximate surface area is 82.6 Å². The molecule has 14 heavy (non-hydrogen) atoms. The Balaban J connectivity index is 3.16. The lowest BCUT2D eigenvalue weighted by atomic mass is 10.1. The summed E-state index contributed by atoms with van der Waals surface area (Å²) in [6, 6.07) is 8.75. The van der Waals surface area contributed by atoms with Crippen molar-refractivity contribution in [3.8, 4) is 0 Å². The Bertz CT molecular complexity index is 348. The highest BCUT2D eigenvalue weighted by Crippen LogP contribution is 2.18. The van der Waals surface area contributed by atoms with Crippen molar-refractivity contribution in [3.63, 3.8) is 0 Å². The first-order chi connectivity index (χ1) is 6.66. The van der Waals surface area contributed by atoms with Crippen LogP contribution in [-0.4, -0.2) is 13.1 Å². The van der Waals surface area contributed by atoms with Crippen LogP contribution in [0.15, 0.2) is 36.1 Å². The highest BCUT2D eigenvalue weighted by molar-refractivity contribution is 6.16. The number of hydrogen-bond donors (Lipinski definition) is 0. The number of carbonyl (C=O) groups is 1. The molecular formula is C11H11O3. The molecule has 3 heteroatoms. The van der Waals surface area contributed by atoms with E-state index in [-0.39, 0.29) is 11.3 Å². The molecule has 0 amide bonds. The minimum atomic E-state index is -0.594. The minimum Gasteiger partial charge on any atom is -0.465 e. The van der Waals surface area contributed by atoms with Gasteiger partial charge in [0.25, 0.3) is 0 Å². The van der Waals surface area contributed by atoms with E-state index < -0.39 is 5.97 Å². The molecular weight excluding hydrogens is 180 g/mol. The zero-order chi connectivity index (χ0) is 10.6. The molecule has 0 saturated heterocycles. The van der Waals surface area contributed by atoms with Gasteiger partial charge in [-0.2, -0.15) is 0 Å². The van der Waals surface area contributed by atoms with Gasteiger partial charge in [-0.3, -0.25) is 5.11 Å².